The Hall–Kier alpha value is -0.340. The van der Waals surface area contributed by atoms with Crippen LogP contribution in [-0.4, -0.2) is 36.2 Å². The van der Waals surface area contributed by atoms with E-state index < -0.39 is 0 Å². The summed E-state index contributed by atoms with van der Waals surface area (Å²) in [6.45, 7) is 9.72. The molecule has 0 spiro atoms. The highest BCUT2D eigenvalue weighted by molar-refractivity contribution is 5.02. The minimum atomic E-state index is 0.163. The molecule has 1 heterocycles. The second kappa shape index (κ2) is 4.63. The molecule has 2 nitrogen and oxygen atoms in total. The first-order valence-electron chi connectivity index (χ1n) is 4.78. The zero-order valence-electron chi connectivity index (χ0n) is 7.92. The van der Waals surface area contributed by atoms with E-state index in [2.05, 4.69) is 18.4 Å². The molecule has 0 amide bonds. The van der Waals surface area contributed by atoms with Gasteiger partial charge in [-0.25, -0.2) is 0 Å². The van der Waals surface area contributed by atoms with Crippen LogP contribution in [0.15, 0.2) is 12.2 Å². The van der Waals surface area contributed by atoms with E-state index in [1.807, 2.05) is 0 Å². The van der Waals surface area contributed by atoms with E-state index >= 15 is 0 Å². The van der Waals surface area contributed by atoms with Crippen LogP contribution in [0, 0.1) is 5.92 Å². The molecule has 0 aromatic rings. The third kappa shape index (κ3) is 2.32. The summed E-state index contributed by atoms with van der Waals surface area (Å²) >= 11 is 0. The molecular formula is C10H19NO. The Morgan fingerprint density at radius 1 is 1.50 bits per heavy atom. The Bertz CT molecular complexity index is 148. The lowest BCUT2D eigenvalue weighted by Gasteiger charge is -2.31. The van der Waals surface area contributed by atoms with Gasteiger partial charge in [-0.2, -0.15) is 0 Å². The highest BCUT2D eigenvalue weighted by Gasteiger charge is 2.19. The largest absolute Gasteiger partial charge is 0.392 e. The fourth-order valence-electron chi connectivity index (χ4n) is 1.79. The topological polar surface area (TPSA) is 23.5 Å². The molecule has 0 unspecified atom stereocenters. The molecule has 1 N–H and O–H groups in total. The molecule has 0 aromatic heterocycles. The minimum Gasteiger partial charge on any atom is -0.392 e. The van der Waals surface area contributed by atoms with Crippen molar-refractivity contribution in [1.82, 2.24) is 4.90 Å². The highest BCUT2D eigenvalue weighted by Crippen LogP contribution is 2.22. The number of aliphatic hydroxyl groups is 1. The van der Waals surface area contributed by atoms with E-state index in [1.54, 1.807) is 0 Å². The predicted octanol–water partition coefficient (Wildman–Crippen LogP) is 1.27. The molecule has 1 rings (SSSR count). The van der Waals surface area contributed by atoms with Crippen LogP contribution < -0.4 is 0 Å². The average molecular weight is 169 g/mol. The van der Waals surface area contributed by atoms with Crippen LogP contribution in [0.25, 0.3) is 0 Å². The maximum Gasteiger partial charge on any atom is 0.0641 e. The lowest BCUT2D eigenvalue weighted by Crippen LogP contribution is -2.34. The third-order valence-electron chi connectivity index (χ3n) is 2.82. The number of hydrogen-bond acceptors (Lipinski definition) is 2. The molecule has 0 bridgehead atoms. The lowest BCUT2D eigenvalue weighted by molar-refractivity contribution is 0.197. The zero-order chi connectivity index (χ0) is 8.97. The van der Waals surface area contributed by atoms with Gasteiger partial charge in [0.25, 0.3) is 0 Å². The summed E-state index contributed by atoms with van der Waals surface area (Å²) in [5.74, 6) is 0.567. The lowest BCUT2D eigenvalue weighted by atomic mass is 9.90. The van der Waals surface area contributed by atoms with Gasteiger partial charge in [0.15, 0.2) is 0 Å². The van der Waals surface area contributed by atoms with Crippen LogP contribution >= 0.6 is 0 Å². The van der Waals surface area contributed by atoms with Crippen molar-refractivity contribution in [3.8, 4) is 0 Å². The zero-order valence-corrected chi connectivity index (χ0v) is 7.92. The predicted molar refractivity (Wildman–Crippen MR) is 51.1 cm³/mol. The van der Waals surface area contributed by atoms with E-state index in [-0.39, 0.29) is 6.61 Å². The number of hydrogen-bond donors (Lipinski definition) is 1. The molecule has 1 aliphatic heterocycles. The summed E-state index contributed by atoms with van der Waals surface area (Å²) < 4.78 is 0. The summed E-state index contributed by atoms with van der Waals surface area (Å²) in [5, 5.41) is 8.90. The molecule has 0 radical (unpaired) electrons. The van der Waals surface area contributed by atoms with Crippen molar-refractivity contribution in [2.24, 2.45) is 5.92 Å². The molecule has 1 aliphatic rings. The van der Waals surface area contributed by atoms with Crippen molar-refractivity contribution >= 4 is 0 Å². The summed E-state index contributed by atoms with van der Waals surface area (Å²) in [6.07, 6.45) is 2.35. The van der Waals surface area contributed by atoms with Gasteiger partial charge in [-0.3, -0.25) is 0 Å². The van der Waals surface area contributed by atoms with Crippen molar-refractivity contribution in [3.63, 3.8) is 0 Å². The van der Waals surface area contributed by atoms with Crippen molar-refractivity contribution in [3.05, 3.63) is 12.2 Å². The molecule has 0 saturated carbocycles. The molecule has 0 aromatic carbocycles. The van der Waals surface area contributed by atoms with Gasteiger partial charge in [0.2, 0.25) is 0 Å². The average Bonchev–Trinajstić information content (AvgIpc) is 2.17. The molecule has 12 heavy (non-hydrogen) atoms. The number of piperidine rings is 1. The van der Waals surface area contributed by atoms with Gasteiger partial charge in [0, 0.05) is 0 Å². The highest BCUT2D eigenvalue weighted by atomic mass is 16.3. The SMILES string of the molecule is C=C(CO)C1CCN(CC)CC1. The Kier molecular flexibility index (Phi) is 3.76. The molecule has 1 saturated heterocycles. The number of aliphatic hydroxyl groups excluding tert-OH is 1. The molecule has 0 atom stereocenters. The van der Waals surface area contributed by atoms with Crippen molar-refractivity contribution < 1.29 is 5.11 Å². The van der Waals surface area contributed by atoms with Gasteiger partial charge in [0.1, 0.15) is 0 Å². The fraction of sp³-hybridized carbons (Fsp3) is 0.800. The standard InChI is InChI=1S/C10H19NO/c1-3-11-6-4-10(5-7-11)9(2)8-12/h10,12H,2-8H2,1H3. The van der Waals surface area contributed by atoms with E-state index in [1.165, 1.54) is 25.9 Å². The van der Waals surface area contributed by atoms with Gasteiger partial charge in [-0.15, -0.1) is 0 Å². The smallest absolute Gasteiger partial charge is 0.0641 e. The maximum atomic E-state index is 8.90. The van der Waals surface area contributed by atoms with Crippen LogP contribution in [0.4, 0.5) is 0 Å². The van der Waals surface area contributed by atoms with Crippen molar-refractivity contribution in [1.29, 1.82) is 0 Å². The van der Waals surface area contributed by atoms with Gasteiger partial charge in [-0.05, 0) is 44.0 Å². The first-order chi connectivity index (χ1) is 5.77. The minimum absolute atomic E-state index is 0.163. The summed E-state index contributed by atoms with van der Waals surface area (Å²) in [6, 6.07) is 0. The van der Waals surface area contributed by atoms with Crippen LogP contribution in [0.3, 0.4) is 0 Å². The number of likely N-dealkylation sites (tertiary alicyclic amines) is 1. The number of rotatable bonds is 3. The van der Waals surface area contributed by atoms with Gasteiger partial charge < -0.3 is 10.0 Å². The first-order valence-corrected chi connectivity index (χ1v) is 4.78. The summed E-state index contributed by atoms with van der Waals surface area (Å²) in [5.41, 5.74) is 1.02. The van der Waals surface area contributed by atoms with Crippen molar-refractivity contribution in [2.75, 3.05) is 26.2 Å². The fourth-order valence-corrected chi connectivity index (χ4v) is 1.79. The van der Waals surface area contributed by atoms with E-state index in [9.17, 15) is 0 Å². The third-order valence-corrected chi connectivity index (χ3v) is 2.82. The van der Waals surface area contributed by atoms with Crippen LogP contribution in [0.5, 0.6) is 0 Å². The Balaban J connectivity index is 2.30. The number of nitrogens with zero attached hydrogens (tertiary/aromatic N) is 1. The van der Waals surface area contributed by atoms with E-state index in [0.29, 0.717) is 5.92 Å². The van der Waals surface area contributed by atoms with Crippen LogP contribution in [0.2, 0.25) is 0 Å². The van der Waals surface area contributed by atoms with Crippen LogP contribution in [-0.2, 0) is 0 Å². The van der Waals surface area contributed by atoms with Gasteiger partial charge in [0.05, 0.1) is 6.61 Å². The molecular weight excluding hydrogens is 150 g/mol. The Labute approximate surface area is 74.9 Å². The Morgan fingerprint density at radius 3 is 2.50 bits per heavy atom. The molecule has 0 aliphatic carbocycles. The normalized spacial score (nSPS) is 21.2. The second-order valence-electron chi connectivity index (χ2n) is 3.52. The van der Waals surface area contributed by atoms with E-state index in [0.717, 1.165) is 12.1 Å². The molecule has 70 valence electrons. The van der Waals surface area contributed by atoms with E-state index in [4.69, 9.17) is 5.11 Å². The quantitative estimate of drug-likeness (QED) is 0.643. The Morgan fingerprint density at radius 2 is 2.08 bits per heavy atom. The first kappa shape index (κ1) is 9.75. The summed E-state index contributed by atoms with van der Waals surface area (Å²) in [4.78, 5) is 2.45. The monoisotopic (exact) mass is 169 g/mol. The van der Waals surface area contributed by atoms with Crippen LogP contribution in [0.1, 0.15) is 19.8 Å². The van der Waals surface area contributed by atoms with Gasteiger partial charge >= 0.3 is 0 Å². The van der Waals surface area contributed by atoms with Gasteiger partial charge in [-0.1, -0.05) is 13.5 Å². The summed E-state index contributed by atoms with van der Waals surface area (Å²) in [7, 11) is 0. The molecule has 2 heteroatoms. The second-order valence-corrected chi connectivity index (χ2v) is 3.52. The van der Waals surface area contributed by atoms with Crippen molar-refractivity contribution in [2.45, 2.75) is 19.8 Å². The maximum absolute atomic E-state index is 8.90. The molecule has 1 fully saturated rings.